The lowest BCUT2D eigenvalue weighted by Gasteiger charge is -2.29. The van der Waals surface area contributed by atoms with Gasteiger partial charge in [-0.2, -0.15) is 0 Å². The van der Waals surface area contributed by atoms with Gasteiger partial charge in [-0.25, -0.2) is 9.59 Å². The fourth-order valence-corrected chi connectivity index (χ4v) is 2.83. The van der Waals surface area contributed by atoms with Crippen molar-refractivity contribution in [3.05, 3.63) is 29.8 Å². The molecular formula is C17H23N3O4. The van der Waals surface area contributed by atoms with Crippen molar-refractivity contribution in [1.29, 1.82) is 0 Å². The first-order valence-corrected chi connectivity index (χ1v) is 8.08. The normalized spacial score (nSPS) is 20.0. The van der Waals surface area contributed by atoms with Gasteiger partial charge in [0.25, 0.3) is 5.91 Å². The summed E-state index contributed by atoms with van der Waals surface area (Å²) in [5.41, 5.74) is 5.77. The van der Waals surface area contributed by atoms with Gasteiger partial charge in [0.2, 0.25) is 0 Å². The van der Waals surface area contributed by atoms with Crippen LogP contribution in [-0.4, -0.2) is 30.6 Å². The lowest BCUT2D eigenvalue weighted by Crippen LogP contribution is -2.42. The van der Waals surface area contributed by atoms with Crippen LogP contribution in [-0.2, 0) is 9.53 Å². The van der Waals surface area contributed by atoms with Crippen LogP contribution in [0.5, 0.6) is 0 Å². The third-order valence-electron chi connectivity index (χ3n) is 4.18. The van der Waals surface area contributed by atoms with Crippen LogP contribution >= 0.6 is 0 Å². The minimum Gasteiger partial charge on any atom is -0.452 e. The number of nitrogens with one attached hydrogen (secondary N) is 2. The van der Waals surface area contributed by atoms with Crippen LogP contribution in [0.3, 0.4) is 0 Å². The molecule has 4 N–H and O–H groups in total. The third-order valence-corrected chi connectivity index (χ3v) is 4.18. The van der Waals surface area contributed by atoms with Crippen molar-refractivity contribution in [3.63, 3.8) is 0 Å². The second-order valence-electron chi connectivity index (χ2n) is 6.08. The van der Waals surface area contributed by atoms with Crippen molar-refractivity contribution in [2.24, 2.45) is 11.7 Å². The number of ether oxygens (including phenoxy) is 1. The zero-order valence-corrected chi connectivity index (χ0v) is 13.7. The number of carbonyl (C=O) groups excluding carboxylic acids is 3. The highest BCUT2D eigenvalue weighted by atomic mass is 16.5. The molecule has 1 aliphatic rings. The van der Waals surface area contributed by atoms with Crippen LogP contribution in [0.2, 0.25) is 0 Å². The number of urea groups is 1. The number of anilines is 1. The van der Waals surface area contributed by atoms with Crippen molar-refractivity contribution in [1.82, 2.24) is 5.32 Å². The Morgan fingerprint density at radius 2 is 1.83 bits per heavy atom. The second kappa shape index (κ2) is 8.33. The summed E-state index contributed by atoms with van der Waals surface area (Å²) in [6.45, 7) is 1.82. The predicted molar refractivity (Wildman–Crippen MR) is 89.5 cm³/mol. The largest absolute Gasteiger partial charge is 0.452 e. The number of amides is 3. The summed E-state index contributed by atoms with van der Waals surface area (Å²) in [6, 6.07) is 5.53. The van der Waals surface area contributed by atoms with Crippen LogP contribution in [0.25, 0.3) is 0 Å². The Hall–Kier alpha value is -2.57. The Balaban J connectivity index is 1.79. The van der Waals surface area contributed by atoms with Gasteiger partial charge in [-0.3, -0.25) is 4.79 Å². The van der Waals surface area contributed by atoms with E-state index < -0.39 is 12.0 Å². The minimum atomic E-state index is -0.682. The molecule has 0 unspecified atom stereocenters. The molecule has 0 saturated heterocycles. The van der Waals surface area contributed by atoms with E-state index in [2.05, 4.69) is 17.6 Å². The molecule has 1 aromatic rings. The van der Waals surface area contributed by atoms with Crippen molar-refractivity contribution >= 4 is 23.6 Å². The van der Waals surface area contributed by atoms with E-state index in [-0.39, 0.29) is 18.6 Å². The standard InChI is InChI=1S/C17H23N3O4/c1-11-4-2-3-5-14(11)20-15(21)10-24-16(22)12-6-8-13(9-7-12)19-17(18)23/h6-9,11,14H,2-5,10H2,1H3,(H,20,21)(H3,18,19,23)/t11-,14-/m0/s1. The Morgan fingerprint density at radius 1 is 1.17 bits per heavy atom. The highest BCUT2D eigenvalue weighted by molar-refractivity contribution is 5.93. The van der Waals surface area contributed by atoms with E-state index in [0.717, 1.165) is 19.3 Å². The molecule has 2 atom stereocenters. The summed E-state index contributed by atoms with van der Waals surface area (Å²) in [7, 11) is 0. The number of rotatable bonds is 5. The molecule has 1 saturated carbocycles. The quantitative estimate of drug-likeness (QED) is 0.716. The van der Waals surface area contributed by atoms with Crippen LogP contribution in [0.15, 0.2) is 24.3 Å². The Labute approximate surface area is 140 Å². The van der Waals surface area contributed by atoms with E-state index in [9.17, 15) is 14.4 Å². The molecule has 7 nitrogen and oxygen atoms in total. The Morgan fingerprint density at radius 3 is 2.46 bits per heavy atom. The summed E-state index contributed by atoms with van der Waals surface area (Å²) in [6.07, 6.45) is 4.38. The molecule has 7 heteroatoms. The zero-order chi connectivity index (χ0) is 17.5. The maximum atomic E-state index is 11.9. The molecule has 1 fully saturated rings. The van der Waals surface area contributed by atoms with Gasteiger partial charge in [-0.05, 0) is 43.0 Å². The van der Waals surface area contributed by atoms with E-state index in [1.807, 2.05) is 0 Å². The van der Waals surface area contributed by atoms with E-state index >= 15 is 0 Å². The SMILES string of the molecule is C[C@H]1CCCC[C@@H]1NC(=O)COC(=O)c1ccc(NC(N)=O)cc1. The van der Waals surface area contributed by atoms with Crippen molar-refractivity contribution in [3.8, 4) is 0 Å². The first-order valence-electron chi connectivity index (χ1n) is 8.08. The molecule has 130 valence electrons. The van der Waals surface area contributed by atoms with E-state index in [4.69, 9.17) is 10.5 Å². The summed E-state index contributed by atoms with van der Waals surface area (Å²) in [5, 5.41) is 5.32. The second-order valence-corrected chi connectivity index (χ2v) is 6.08. The average Bonchev–Trinajstić information content (AvgIpc) is 2.55. The number of hydrogen-bond donors (Lipinski definition) is 3. The van der Waals surface area contributed by atoms with Gasteiger partial charge in [-0.1, -0.05) is 19.8 Å². The first-order chi connectivity index (χ1) is 11.5. The van der Waals surface area contributed by atoms with Crippen LogP contribution in [0, 0.1) is 5.92 Å². The number of nitrogens with two attached hydrogens (primary N) is 1. The molecule has 3 amide bonds. The lowest BCUT2D eigenvalue weighted by molar-refractivity contribution is -0.125. The van der Waals surface area contributed by atoms with Crippen LogP contribution in [0.1, 0.15) is 43.0 Å². The van der Waals surface area contributed by atoms with Crippen molar-refractivity contribution < 1.29 is 19.1 Å². The van der Waals surface area contributed by atoms with Gasteiger partial charge in [0.05, 0.1) is 5.56 Å². The van der Waals surface area contributed by atoms with Crippen molar-refractivity contribution in [2.75, 3.05) is 11.9 Å². The van der Waals surface area contributed by atoms with E-state index in [1.54, 1.807) is 0 Å². The predicted octanol–water partition coefficient (Wildman–Crippen LogP) is 2.03. The van der Waals surface area contributed by atoms with Gasteiger partial charge in [-0.15, -0.1) is 0 Å². The number of esters is 1. The summed E-state index contributed by atoms with van der Waals surface area (Å²) >= 11 is 0. The summed E-state index contributed by atoms with van der Waals surface area (Å²) in [4.78, 5) is 34.6. The molecule has 1 aliphatic carbocycles. The van der Waals surface area contributed by atoms with Gasteiger partial charge < -0.3 is 21.1 Å². The fraction of sp³-hybridized carbons (Fsp3) is 0.471. The summed E-state index contributed by atoms with van der Waals surface area (Å²) < 4.78 is 5.02. The fourth-order valence-electron chi connectivity index (χ4n) is 2.83. The van der Waals surface area contributed by atoms with E-state index in [1.165, 1.54) is 30.7 Å². The van der Waals surface area contributed by atoms with Gasteiger partial charge >= 0.3 is 12.0 Å². The Kier molecular flexibility index (Phi) is 6.17. The van der Waals surface area contributed by atoms with Gasteiger partial charge in [0.15, 0.2) is 6.61 Å². The lowest BCUT2D eigenvalue weighted by atomic mass is 9.86. The Bertz CT molecular complexity index is 600. The third kappa shape index (κ3) is 5.26. The van der Waals surface area contributed by atoms with Gasteiger partial charge in [0, 0.05) is 11.7 Å². The molecule has 0 aliphatic heterocycles. The molecule has 24 heavy (non-hydrogen) atoms. The highest BCUT2D eigenvalue weighted by Gasteiger charge is 2.23. The van der Waals surface area contributed by atoms with Crippen molar-refractivity contribution in [2.45, 2.75) is 38.6 Å². The highest BCUT2D eigenvalue weighted by Crippen LogP contribution is 2.23. The summed E-state index contributed by atoms with van der Waals surface area (Å²) in [5.74, 6) is -0.426. The number of primary amides is 1. The average molecular weight is 333 g/mol. The first kappa shape index (κ1) is 17.8. The molecule has 0 radical (unpaired) electrons. The zero-order valence-electron chi connectivity index (χ0n) is 13.7. The molecule has 0 bridgehead atoms. The minimum absolute atomic E-state index is 0.157. The molecular weight excluding hydrogens is 310 g/mol. The smallest absolute Gasteiger partial charge is 0.338 e. The topological polar surface area (TPSA) is 111 Å². The van der Waals surface area contributed by atoms with E-state index in [0.29, 0.717) is 17.2 Å². The molecule has 2 rings (SSSR count). The maximum absolute atomic E-state index is 11.9. The maximum Gasteiger partial charge on any atom is 0.338 e. The molecule has 0 spiro atoms. The number of hydrogen-bond acceptors (Lipinski definition) is 4. The van der Waals surface area contributed by atoms with Crippen LogP contribution in [0.4, 0.5) is 10.5 Å². The monoisotopic (exact) mass is 333 g/mol. The molecule has 0 heterocycles. The molecule has 0 aromatic heterocycles. The van der Waals surface area contributed by atoms with Gasteiger partial charge in [0.1, 0.15) is 0 Å². The number of benzene rings is 1. The van der Waals surface area contributed by atoms with Crippen LogP contribution < -0.4 is 16.4 Å². The molecule has 1 aromatic carbocycles. The number of carbonyl (C=O) groups is 3.